The van der Waals surface area contributed by atoms with Crippen molar-refractivity contribution in [2.24, 2.45) is 0 Å². The van der Waals surface area contributed by atoms with Crippen molar-refractivity contribution in [3.05, 3.63) is 21.9 Å². The number of nitrogens with zero attached hydrogens (tertiary/aromatic N) is 1. The molecule has 0 aliphatic carbocycles. The minimum atomic E-state index is -0.392. The van der Waals surface area contributed by atoms with Crippen LogP contribution in [0.5, 0.6) is 0 Å². The predicted octanol–water partition coefficient (Wildman–Crippen LogP) is 1.73. The molecule has 1 aliphatic heterocycles. The standard InChI is InChI=1S/C14H21N3O2S/c1-2-3-6-15-14(19)16-13(18)10-17-7-4-12-11(9-17)5-8-20-12/h5,8H,2-4,6-7,9-10H2,1H3,(H2,15,16,18,19). The summed E-state index contributed by atoms with van der Waals surface area (Å²) >= 11 is 1.78. The average Bonchev–Trinajstić information content (AvgIpc) is 2.86. The molecular formula is C14H21N3O2S. The highest BCUT2D eigenvalue weighted by atomic mass is 32.1. The number of carbonyl (C=O) groups is 2. The van der Waals surface area contributed by atoms with Crippen LogP contribution in [0.4, 0.5) is 4.79 Å². The molecule has 0 aromatic carbocycles. The number of hydrogen-bond acceptors (Lipinski definition) is 4. The molecule has 20 heavy (non-hydrogen) atoms. The molecule has 0 saturated heterocycles. The molecule has 2 heterocycles. The quantitative estimate of drug-likeness (QED) is 0.813. The first kappa shape index (κ1) is 15.0. The van der Waals surface area contributed by atoms with Crippen molar-refractivity contribution in [2.75, 3.05) is 19.6 Å². The third-order valence-electron chi connectivity index (χ3n) is 3.32. The minimum Gasteiger partial charge on any atom is -0.338 e. The Morgan fingerprint density at radius 1 is 1.45 bits per heavy atom. The maximum Gasteiger partial charge on any atom is 0.321 e. The first-order valence-electron chi connectivity index (χ1n) is 7.04. The van der Waals surface area contributed by atoms with Crippen LogP contribution in [0.3, 0.4) is 0 Å². The number of urea groups is 1. The molecule has 3 amide bonds. The zero-order valence-corrected chi connectivity index (χ0v) is 12.6. The lowest BCUT2D eigenvalue weighted by Crippen LogP contribution is -2.45. The van der Waals surface area contributed by atoms with Crippen molar-refractivity contribution in [1.29, 1.82) is 0 Å². The van der Waals surface area contributed by atoms with E-state index < -0.39 is 6.03 Å². The van der Waals surface area contributed by atoms with Crippen LogP contribution >= 0.6 is 11.3 Å². The maximum atomic E-state index is 11.8. The molecule has 0 fully saturated rings. The predicted molar refractivity (Wildman–Crippen MR) is 79.7 cm³/mol. The Kier molecular flexibility index (Phi) is 5.55. The van der Waals surface area contributed by atoms with Crippen LogP contribution < -0.4 is 10.6 Å². The van der Waals surface area contributed by atoms with E-state index in [1.165, 1.54) is 10.4 Å². The lowest BCUT2D eigenvalue weighted by molar-refractivity contribution is -0.121. The molecule has 0 bridgehead atoms. The second-order valence-electron chi connectivity index (χ2n) is 4.99. The molecule has 0 spiro atoms. The fourth-order valence-electron chi connectivity index (χ4n) is 2.23. The van der Waals surface area contributed by atoms with Gasteiger partial charge in [-0.1, -0.05) is 13.3 Å². The van der Waals surface area contributed by atoms with E-state index in [9.17, 15) is 9.59 Å². The van der Waals surface area contributed by atoms with E-state index in [-0.39, 0.29) is 12.5 Å². The van der Waals surface area contributed by atoms with E-state index in [1.54, 1.807) is 11.3 Å². The van der Waals surface area contributed by atoms with Crippen LogP contribution in [-0.4, -0.2) is 36.5 Å². The molecule has 6 heteroatoms. The monoisotopic (exact) mass is 295 g/mol. The van der Waals surface area contributed by atoms with Gasteiger partial charge in [-0.05, 0) is 29.9 Å². The average molecular weight is 295 g/mol. The second-order valence-corrected chi connectivity index (χ2v) is 5.99. The van der Waals surface area contributed by atoms with Crippen molar-refractivity contribution < 1.29 is 9.59 Å². The Morgan fingerprint density at radius 3 is 3.10 bits per heavy atom. The van der Waals surface area contributed by atoms with Gasteiger partial charge in [0.2, 0.25) is 5.91 Å². The van der Waals surface area contributed by atoms with Gasteiger partial charge >= 0.3 is 6.03 Å². The highest BCUT2D eigenvalue weighted by molar-refractivity contribution is 7.10. The number of nitrogens with one attached hydrogen (secondary N) is 2. The highest BCUT2D eigenvalue weighted by Crippen LogP contribution is 2.23. The molecule has 0 saturated carbocycles. The number of thiophene rings is 1. The van der Waals surface area contributed by atoms with Crippen LogP contribution in [0.15, 0.2) is 11.4 Å². The van der Waals surface area contributed by atoms with Crippen molar-refractivity contribution in [3.8, 4) is 0 Å². The highest BCUT2D eigenvalue weighted by Gasteiger charge is 2.19. The van der Waals surface area contributed by atoms with E-state index in [0.717, 1.165) is 32.4 Å². The Bertz CT molecular complexity index is 473. The van der Waals surface area contributed by atoms with E-state index >= 15 is 0 Å². The molecular weight excluding hydrogens is 274 g/mol. The fourth-order valence-corrected chi connectivity index (χ4v) is 3.12. The first-order valence-corrected chi connectivity index (χ1v) is 7.92. The van der Waals surface area contributed by atoms with Gasteiger partial charge in [0.25, 0.3) is 0 Å². The summed E-state index contributed by atoms with van der Waals surface area (Å²) in [6.45, 7) is 4.61. The molecule has 0 radical (unpaired) electrons. The smallest absolute Gasteiger partial charge is 0.321 e. The fraction of sp³-hybridized carbons (Fsp3) is 0.571. The Balaban J connectivity index is 1.71. The zero-order valence-electron chi connectivity index (χ0n) is 11.8. The third-order valence-corrected chi connectivity index (χ3v) is 4.35. The van der Waals surface area contributed by atoms with E-state index in [0.29, 0.717) is 6.54 Å². The van der Waals surface area contributed by atoms with Crippen LogP contribution in [0.1, 0.15) is 30.2 Å². The molecule has 2 N–H and O–H groups in total. The molecule has 1 aliphatic rings. The number of carbonyl (C=O) groups excluding carboxylic acids is 2. The van der Waals surface area contributed by atoms with E-state index in [2.05, 4.69) is 33.9 Å². The van der Waals surface area contributed by atoms with Crippen LogP contribution in [0, 0.1) is 0 Å². The zero-order chi connectivity index (χ0) is 14.4. The van der Waals surface area contributed by atoms with Gasteiger partial charge in [-0.15, -0.1) is 11.3 Å². The van der Waals surface area contributed by atoms with Crippen molar-refractivity contribution >= 4 is 23.3 Å². The van der Waals surface area contributed by atoms with Crippen molar-refractivity contribution in [2.45, 2.75) is 32.7 Å². The first-order chi connectivity index (χ1) is 9.69. The summed E-state index contributed by atoms with van der Waals surface area (Å²) in [6.07, 6.45) is 2.93. The number of rotatable bonds is 5. The van der Waals surface area contributed by atoms with Crippen LogP contribution in [-0.2, 0) is 17.8 Å². The number of unbranched alkanes of at least 4 members (excludes halogenated alkanes) is 1. The van der Waals surface area contributed by atoms with Crippen LogP contribution in [0.2, 0.25) is 0 Å². The van der Waals surface area contributed by atoms with Crippen molar-refractivity contribution in [3.63, 3.8) is 0 Å². The summed E-state index contributed by atoms with van der Waals surface area (Å²) in [5.41, 5.74) is 1.31. The summed E-state index contributed by atoms with van der Waals surface area (Å²) in [5.74, 6) is -0.238. The molecule has 1 aromatic rings. The molecule has 2 rings (SSSR count). The van der Waals surface area contributed by atoms with Gasteiger partial charge in [-0.25, -0.2) is 4.79 Å². The summed E-state index contributed by atoms with van der Waals surface area (Å²) in [6, 6.07) is 1.72. The molecule has 5 nitrogen and oxygen atoms in total. The van der Waals surface area contributed by atoms with E-state index in [1.807, 2.05) is 0 Å². The maximum absolute atomic E-state index is 11.8. The SMILES string of the molecule is CCCCNC(=O)NC(=O)CN1CCc2sccc2C1. The number of imide groups is 1. The van der Waals surface area contributed by atoms with Gasteiger partial charge in [-0.3, -0.25) is 15.0 Å². The summed E-state index contributed by atoms with van der Waals surface area (Å²) in [4.78, 5) is 26.7. The number of hydrogen-bond donors (Lipinski definition) is 2. The number of fused-ring (bicyclic) bond motifs is 1. The van der Waals surface area contributed by atoms with Gasteiger partial charge in [0, 0.05) is 24.5 Å². The van der Waals surface area contributed by atoms with Crippen molar-refractivity contribution in [1.82, 2.24) is 15.5 Å². The topological polar surface area (TPSA) is 61.4 Å². The minimum absolute atomic E-state index is 0.238. The Labute approximate surface area is 123 Å². The second kappa shape index (κ2) is 7.40. The Morgan fingerprint density at radius 2 is 2.30 bits per heavy atom. The largest absolute Gasteiger partial charge is 0.338 e. The lowest BCUT2D eigenvalue weighted by atomic mass is 10.1. The molecule has 0 atom stereocenters. The Hall–Kier alpha value is -1.40. The summed E-state index contributed by atoms with van der Waals surface area (Å²) in [7, 11) is 0. The number of amides is 3. The normalized spacial score (nSPS) is 14.7. The lowest BCUT2D eigenvalue weighted by Gasteiger charge is -2.25. The van der Waals surface area contributed by atoms with Gasteiger partial charge in [0.15, 0.2) is 0 Å². The third kappa shape index (κ3) is 4.31. The van der Waals surface area contributed by atoms with Gasteiger partial charge in [0.1, 0.15) is 0 Å². The van der Waals surface area contributed by atoms with Gasteiger partial charge < -0.3 is 5.32 Å². The molecule has 0 unspecified atom stereocenters. The molecule has 110 valence electrons. The molecule has 1 aromatic heterocycles. The summed E-state index contributed by atoms with van der Waals surface area (Å²) < 4.78 is 0. The van der Waals surface area contributed by atoms with Crippen LogP contribution in [0.25, 0.3) is 0 Å². The van der Waals surface area contributed by atoms with Gasteiger partial charge in [0.05, 0.1) is 6.54 Å². The van der Waals surface area contributed by atoms with E-state index in [4.69, 9.17) is 0 Å². The van der Waals surface area contributed by atoms with Gasteiger partial charge in [-0.2, -0.15) is 0 Å². The summed E-state index contributed by atoms with van der Waals surface area (Å²) in [5, 5.41) is 7.14.